The molecule has 1 unspecified atom stereocenters. The lowest BCUT2D eigenvalue weighted by Gasteiger charge is -2.27. The predicted molar refractivity (Wildman–Crippen MR) is 78.9 cm³/mol. The van der Waals surface area contributed by atoms with Crippen LogP contribution in [-0.4, -0.2) is 17.4 Å². The van der Waals surface area contributed by atoms with E-state index in [4.69, 9.17) is 5.73 Å². The number of rotatable bonds is 5. The zero-order valence-corrected chi connectivity index (χ0v) is 11.8. The third-order valence-corrected chi connectivity index (χ3v) is 3.57. The molecule has 0 radical (unpaired) electrons. The molecule has 0 saturated heterocycles. The Hall–Kier alpha value is -2.27. The van der Waals surface area contributed by atoms with E-state index in [9.17, 15) is 9.18 Å². The molecule has 110 valence electrons. The fourth-order valence-corrected chi connectivity index (χ4v) is 2.04. The molecule has 1 aromatic carbocycles. The minimum Gasteiger partial charge on any atom is -0.351 e. The number of nitrogens with one attached hydrogen (secondary N) is 1. The van der Waals surface area contributed by atoms with E-state index in [-0.39, 0.29) is 18.3 Å². The maximum Gasteiger partial charge on any atom is 0.231 e. The van der Waals surface area contributed by atoms with Gasteiger partial charge in [0.15, 0.2) is 0 Å². The number of amides is 1. The summed E-state index contributed by atoms with van der Waals surface area (Å²) in [6.07, 6.45) is 3.37. The Bertz CT molecular complexity index is 601. The Morgan fingerprint density at radius 3 is 2.62 bits per heavy atom. The summed E-state index contributed by atoms with van der Waals surface area (Å²) in [7, 11) is 0. The maximum absolute atomic E-state index is 13.0. The molecule has 0 aliphatic carbocycles. The first-order chi connectivity index (χ1) is 10.1. The molecule has 1 aromatic heterocycles. The number of pyridine rings is 1. The van der Waals surface area contributed by atoms with Crippen molar-refractivity contribution in [2.24, 2.45) is 5.73 Å². The predicted octanol–water partition coefficient (Wildman–Crippen LogP) is 1.75. The van der Waals surface area contributed by atoms with Crippen LogP contribution in [0, 0.1) is 5.82 Å². The van der Waals surface area contributed by atoms with Crippen LogP contribution < -0.4 is 11.1 Å². The number of benzene rings is 1. The largest absolute Gasteiger partial charge is 0.351 e. The number of nitrogens with two attached hydrogens (primary N) is 1. The van der Waals surface area contributed by atoms with E-state index in [2.05, 4.69) is 10.3 Å². The molecule has 0 aliphatic rings. The Balaban J connectivity index is 2.12. The van der Waals surface area contributed by atoms with Crippen molar-refractivity contribution < 1.29 is 9.18 Å². The van der Waals surface area contributed by atoms with Gasteiger partial charge in [-0.1, -0.05) is 18.2 Å². The fraction of sp³-hybridized carbons (Fsp3) is 0.250. The second kappa shape index (κ2) is 6.45. The molecule has 2 rings (SSSR count). The third-order valence-electron chi connectivity index (χ3n) is 3.57. The molecule has 0 aliphatic heterocycles. The summed E-state index contributed by atoms with van der Waals surface area (Å²) in [4.78, 5) is 16.4. The van der Waals surface area contributed by atoms with Gasteiger partial charge < -0.3 is 11.1 Å². The van der Waals surface area contributed by atoms with Crippen molar-refractivity contribution in [1.29, 1.82) is 0 Å². The maximum atomic E-state index is 13.0. The van der Waals surface area contributed by atoms with E-state index in [0.717, 1.165) is 5.56 Å². The second-order valence-electron chi connectivity index (χ2n) is 5.09. The van der Waals surface area contributed by atoms with Crippen LogP contribution in [0.1, 0.15) is 18.1 Å². The van der Waals surface area contributed by atoms with Crippen molar-refractivity contribution >= 4 is 5.91 Å². The first-order valence-electron chi connectivity index (χ1n) is 6.69. The van der Waals surface area contributed by atoms with Crippen LogP contribution in [0.15, 0.2) is 48.8 Å². The van der Waals surface area contributed by atoms with Gasteiger partial charge in [0.2, 0.25) is 5.91 Å². The Labute approximate surface area is 123 Å². The molecule has 1 heterocycles. The lowest BCUT2D eigenvalue weighted by Crippen LogP contribution is -2.47. The molecular formula is C16H18FN3O. The van der Waals surface area contributed by atoms with Crippen LogP contribution in [0.4, 0.5) is 4.39 Å². The summed E-state index contributed by atoms with van der Waals surface area (Å²) in [5, 5.41) is 2.85. The van der Waals surface area contributed by atoms with E-state index in [1.54, 1.807) is 31.5 Å². The number of carbonyl (C=O) groups excluding carboxylic acids is 1. The van der Waals surface area contributed by atoms with Crippen molar-refractivity contribution in [2.75, 3.05) is 6.54 Å². The van der Waals surface area contributed by atoms with Gasteiger partial charge in [-0.2, -0.15) is 0 Å². The van der Waals surface area contributed by atoms with E-state index < -0.39 is 5.41 Å². The van der Waals surface area contributed by atoms with Gasteiger partial charge in [-0.3, -0.25) is 9.78 Å². The summed E-state index contributed by atoms with van der Waals surface area (Å²) in [5.74, 6) is -0.533. The van der Waals surface area contributed by atoms with Crippen molar-refractivity contribution in [3.63, 3.8) is 0 Å². The van der Waals surface area contributed by atoms with E-state index in [1.165, 1.54) is 12.1 Å². The van der Waals surface area contributed by atoms with E-state index in [1.807, 2.05) is 12.1 Å². The van der Waals surface area contributed by atoms with Gasteiger partial charge in [0, 0.05) is 25.5 Å². The molecule has 0 bridgehead atoms. The molecule has 0 spiro atoms. The Morgan fingerprint density at radius 2 is 2.05 bits per heavy atom. The third kappa shape index (κ3) is 3.44. The first-order valence-corrected chi connectivity index (χ1v) is 6.69. The average Bonchev–Trinajstić information content (AvgIpc) is 2.53. The number of hydrogen-bond donors (Lipinski definition) is 2. The van der Waals surface area contributed by atoms with Gasteiger partial charge >= 0.3 is 0 Å². The summed E-state index contributed by atoms with van der Waals surface area (Å²) in [6.45, 7) is 2.26. The lowest BCUT2D eigenvalue weighted by atomic mass is 9.81. The van der Waals surface area contributed by atoms with Gasteiger partial charge in [0.1, 0.15) is 5.82 Å². The fourth-order valence-electron chi connectivity index (χ4n) is 2.04. The topological polar surface area (TPSA) is 68.0 Å². The summed E-state index contributed by atoms with van der Waals surface area (Å²) < 4.78 is 13.0. The molecular weight excluding hydrogens is 269 g/mol. The van der Waals surface area contributed by atoms with Crippen molar-refractivity contribution in [3.05, 3.63) is 65.7 Å². The summed E-state index contributed by atoms with van der Waals surface area (Å²) >= 11 is 0. The number of aromatic nitrogens is 1. The van der Waals surface area contributed by atoms with E-state index >= 15 is 0 Å². The van der Waals surface area contributed by atoms with Gasteiger partial charge in [-0.05, 0) is 36.2 Å². The van der Waals surface area contributed by atoms with Crippen LogP contribution in [0.5, 0.6) is 0 Å². The highest BCUT2D eigenvalue weighted by atomic mass is 19.1. The van der Waals surface area contributed by atoms with Crippen molar-refractivity contribution in [3.8, 4) is 0 Å². The second-order valence-corrected chi connectivity index (χ2v) is 5.09. The number of nitrogens with zero attached hydrogens (tertiary/aromatic N) is 1. The van der Waals surface area contributed by atoms with Crippen LogP contribution in [-0.2, 0) is 16.8 Å². The van der Waals surface area contributed by atoms with Crippen molar-refractivity contribution in [2.45, 2.75) is 18.9 Å². The molecule has 0 fully saturated rings. The van der Waals surface area contributed by atoms with E-state index in [0.29, 0.717) is 12.1 Å². The molecule has 4 nitrogen and oxygen atoms in total. The Kier molecular flexibility index (Phi) is 4.65. The van der Waals surface area contributed by atoms with Crippen LogP contribution >= 0.6 is 0 Å². The summed E-state index contributed by atoms with van der Waals surface area (Å²) in [5.41, 5.74) is 6.48. The van der Waals surface area contributed by atoms with Crippen molar-refractivity contribution in [1.82, 2.24) is 10.3 Å². The minimum absolute atomic E-state index is 0.136. The smallest absolute Gasteiger partial charge is 0.231 e. The number of carbonyl (C=O) groups is 1. The molecule has 0 saturated carbocycles. The van der Waals surface area contributed by atoms with Gasteiger partial charge in [-0.15, -0.1) is 0 Å². The monoisotopic (exact) mass is 287 g/mol. The SMILES string of the molecule is CC(CN)(C(=O)NCc1cccnc1)c1ccc(F)cc1. The average molecular weight is 287 g/mol. The molecule has 1 atom stereocenters. The highest BCUT2D eigenvalue weighted by Gasteiger charge is 2.33. The Morgan fingerprint density at radius 1 is 1.33 bits per heavy atom. The van der Waals surface area contributed by atoms with Crippen LogP contribution in [0.3, 0.4) is 0 Å². The molecule has 2 aromatic rings. The van der Waals surface area contributed by atoms with Gasteiger partial charge in [0.25, 0.3) is 0 Å². The first kappa shape index (κ1) is 15.1. The normalized spacial score (nSPS) is 13.5. The van der Waals surface area contributed by atoms with Crippen LogP contribution in [0.25, 0.3) is 0 Å². The van der Waals surface area contributed by atoms with Crippen LogP contribution in [0.2, 0.25) is 0 Å². The lowest BCUT2D eigenvalue weighted by molar-refractivity contribution is -0.126. The number of halogens is 1. The van der Waals surface area contributed by atoms with Gasteiger partial charge in [0.05, 0.1) is 5.41 Å². The quantitative estimate of drug-likeness (QED) is 0.880. The standard InChI is InChI=1S/C16H18FN3O/c1-16(11-18,13-4-6-14(17)7-5-13)15(21)20-10-12-3-2-8-19-9-12/h2-9H,10-11,18H2,1H3,(H,20,21). The zero-order chi connectivity index (χ0) is 15.3. The zero-order valence-electron chi connectivity index (χ0n) is 11.8. The molecule has 5 heteroatoms. The highest BCUT2D eigenvalue weighted by molar-refractivity contribution is 5.88. The summed E-state index contributed by atoms with van der Waals surface area (Å²) in [6, 6.07) is 9.53. The molecule has 1 amide bonds. The number of hydrogen-bond acceptors (Lipinski definition) is 3. The molecule has 3 N–H and O–H groups in total. The highest BCUT2D eigenvalue weighted by Crippen LogP contribution is 2.23. The van der Waals surface area contributed by atoms with Gasteiger partial charge in [-0.25, -0.2) is 4.39 Å². The molecule has 21 heavy (non-hydrogen) atoms. The minimum atomic E-state index is -0.893.